The van der Waals surface area contributed by atoms with Gasteiger partial charge in [-0.25, -0.2) is 0 Å². The van der Waals surface area contributed by atoms with Crippen molar-refractivity contribution >= 4 is 23.2 Å². The van der Waals surface area contributed by atoms with Crippen LogP contribution in [0.4, 0.5) is 0 Å². The summed E-state index contributed by atoms with van der Waals surface area (Å²) in [5.41, 5.74) is 0.990. The van der Waals surface area contributed by atoms with Crippen LogP contribution in [0.5, 0.6) is 11.5 Å². The van der Waals surface area contributed by atoms with Gasteiger partial charge in [0, 0.05) is 10.6 Å². The number of hydrogen-bond donors (Lipinski definition) is 0. The summed E-state index contributed by atoms with van der Waals surface area (Å²) in [5, 5.41) is 1.06. The molecule has 0 radical (unpaired) electrons. The van der Waals surface area contributed by atoms with Crippen LogP contribution in [0.1, 0.15) is 0 Å². The Morgan fingerprint density at radius 3 is 2.35 bits per heavy atom. The van der Waals surface area contributed by atoms with Crippen LogP contribution >= 0.6 is 23.2 Å². The van der Waals surface area contributed by atoms with E-state index in [1.54, 1.807) is 24.5 Å². The number of rotatable bonds is 3. The van der Waals surface area contributed by atoms with Crippen LogP contribution in [0.2, 0.25) is 10.0 Å². The summed E-state index contributed by atoms with van der Waals surface area (Å²) in [5.74, 6) is 2.09. The predicted molar refractivity (Wildman–Crippen MR) is 80.7 cm³/mol. The maximum absolute atomic E-state index is 6.07. The van der Waals surface area contributed by atoms with E-state index in [4.69, 9.17) is 32.4 Å². The fourth-order valence-electron chi connectivity index (χ4n) is 1.82. The average molecular weight is 305 g/mol. The van der Waals surface area contributed by atoms with Gasteiger partial charge in [-0.15, -0.1) is 0 Å². The van der Waals surface area contributed by atoms with Gasteiger partial charge in [-0.3, -0.25) is 0 Å². The normalized spacial score (nSPS) is 10.5. The molecule has 0 fully saturated rings. The first-order chi connectivity index (χ1) is 9.72. The van der Waals surface area contributed by atoms with Crippen LogP contribution in [-0.2, 0) is 0 Å². The van der Waals surface area contributed by atoms with Gasteiger partial charge in [-0.1, -0.05) is 23.2 Å². The smallest absolute Gasteiger partial charge is 0.146 e. The molecule has 4 heteroatoms. The molecule has 100 valence electrons. The van der Waals surface area contributed by atoms with Gasteiger partial charge in [0.25, 0.3) is 0 Å². The van der Waals surface area contributed by atoms with Crippen LogP contribution in [0.25, 0.3) is 11.3 Å². The second-order valence-electron chi connectivity index (χ2n) is 4.18. The van der Waals surface area contributed by atoms with Crippen LogP contribution in [0, 0.1) is 0 Å². The summed E-state index contributed by atoms with van der Waals surface area (Å²) in [7, 11) is 0. The minimum Gasteiger partial charge on any atom is -0.464 e. The Morgan fingerprint density at radius 2 is 1.70 bits per heavy atom. The standard InChI is InChI=1S/C16H10Cl2O2/c17-12-5-8-16(14(18)10-12)20-13-6-3-11(4-7-13)15-2-1-9-19-15/h1-10H. The Bertz CT molecular complexity index is 704. The molecule has 0 aliphatic carbocycles. The first-order valence-corrected chi connectivity index (χ1v) is 6.75. The minimum atomic E-state index is 0.479. The van der Waals surface area contributed by atoms with Gasteiger partial charge in [0.2, 0.25) is 0 Å². The third-order valence-electron chi connectivity index (χ3n) is 2.78. The van der Waals surface area contributed by atoms with E-state index >= 15 is 0 Å². The van der Waals surface area contributed by atoms with Crippen molar-refractivity contribution in [1.29, 1.82) is 0 Å². The Hall–Kier alpha value is -1.90. The van der Waals surface area contributed by atoms with E-state index < -0.39 is 0 Å². The van der Waals surface area contributed by atoms with Crippen molar-refractivity contribution in [2.75, 3.05) is 0 Å². The summed E-state index contributed by atoms with van der Waals surface area (Å²) in [4.78, 5) is 0. The van der Waals surface area contributed by atoms with E-state index in [0.29, 0.717) is 21.5 Å². The number of ether oxygens (including phenoxy) is 1. The molecule has 0 amide bonds. The van der Waals surface area contributed by atoms with Crippen LogP contribution in [0.3, 0.4) is 0 Å². The summed E-state index contributed by atoms with van der Waals surface area (Å²) in [6.07, 6.45) is 1.65. The van der Waals surface area contributed by atoms with E-state index in [-0.39, 0.29) is 0 Å². The molecule has 0 saturated heterocycles. The van der Waals surface area contributed by atoms with Crippen molar-refractivity contribution in [2.24, 2.45) is 0 Å². The highest BCUT2D eigenvalue weighted by Crippen LogP contribution is 2.32. The minimum absolute atomic E-state index is 0.479. The lowest BCUT2D eigenvalue weighted by Gasteiger charge is -2.08. The van der Waals surface area contributed by atoms with E-state index in [9.17, 15) is 0 Å². The van der Waals surface area contributed by atoms with Gasteiger partial charge < -0.3 is 9.15 Å². The molecular formula is C16H10Cl2O2. The molecule has 0 aliphatic rings. The number of benzene rings is 2. The van der Waals surface area contributed by atoms with Gasteiger partial charge in [0.1, 0.15) is 17.3 Å². The number of hydrogen-bond acceptors (Lipinski definition) is 2. The molecule has 0 unspecified atom stereocenters. The highest BCUT2D eigenvalue weighted by molar-refractivity contribution is 6.35. The lowest BCUT2D eigenvalue weighted by Crippen LogP contribution is -1.85. The molecule has 2 aromatic carbocycles. The van der Waals surface area contributed by atoms with Gasteiger partial charge >= 0.3 is 0 Å². The molecule has 0 atom stereocenters. The first kappa shape index (κ1) is 13.1. The molecule has 2 nitrogen and oxygen atoms in total. The number of halogens is 2. The summed E-state index contributed by atoms with van der Waals surface area (Å²) in [6.45, 7) is 0. The maximum atomic E-state index is 6.07. The Morgan fingerprint density at radius 1 is 0.900 bits per heavy atom. The van der Waals surface area contributed by atoms with Crippen LogP contribution < -0.4 is 4.74 Å². The molecule has 3 rings (SSSR count). The second-order valence-corrected chi connectivity index (χ2v) is 5.02. The highest BCUT2D eigenvalue weighted by Gasteiger charge is 2.05. The SMILES string of the molecule is Clc1ccc(Oc2ccc(-c3ccco3)cc2)c(Cl)c1. The van der Waals surface area contributed by atoms with Gasteiger partial charge in [-0.2, -0.15) is 0 Å². The molecule has 1 aromatic heterocycles. The van der Waals surface area contributed by atoms with E-state index in [1.165, 1.54) is 0 Å². The Kier molecular flexibility index (Phi) is 3.68. The second kappa shape index (κ2) is 5.61. The van der Waals surface area contributed by atoms with Crippen molar-refractivity contribution in [3.05, 3.63) is 70.9 Å². The molecule has 20 heavy (non-hydrogen) atoms. The molecule has 1 heterocycles. The average Bonchev–Trinajstić information content (AvgIpc) is 2.97. The van der Waals surface area contributed by atoms with Gasteiger partial charge in [0.15, 0.2) is 0 Å². The Labute approximate surface area is 126 Å². The summed E-state index contributed by atoms with van der Waals surface area (Å²) < 4.78 is 11.0. The van der Waals surface area contributed by atoms with E-state index in [2.05, 4.69) is 0 Å². The van der Waals surface area contributed by atoms with Crippen molar-refractivity contribution < 1.29 is 9.15 Å². The predicted octanol–water partition coefficient (Wildman–Crippen LogP) is 6.05. The van der Waals surface area contributed by atoms with Gasteiger partial charge in [0.05, 0.1) is 11.3 Å². The van der Waals surface area contributed by atoms with Crippen LogP contribution in [-0.4, -0.2) is 0 Å². The van der Waals surface area contributed by atoms with Crippen molar-refractivity contribution in [1.82, 2.24) is 0 Å². The third kappa shape index (κ3) is 2.82. The zero-order chi connectivity index (χ0) is 13.9. The largest absolute Gasteiger partial charge is 0.464 e. The lowest BCUT2D eigenvalue weighted by atomic mass is 10.2. The molecule has 0 N–H and O–H groups in total. The maximum Gasteiger partial charge on any atom is 0.146 e. The first-order valence-electron chi connectivity index (χ1n) is 5.99. The Balaban J connectivity index is 1.81. The molecule has 0 saturated carbocycles. The van der Waals surface area contributed by atoms with Crippen LogP contribution in [0.15, 0.2) is 65.3 Å². The van der Waals surface area contributed by atoms with E-state index in [1.807, 2.05) is 36.4 Å². The van der Waals surface area contributed by atoms with Gasteiger partial charge in [-0.05, 0) is 54.6 Å². The van der Waals surface area contributed by atoms with Crippen molar-refractivity contribution in [3.8, 4) is 22.8 Å². The monoisotopic (exact) mass is 304 g/mol. The topological polar surface area (TPSA) is 22.4 Å². The quantitative estimate of drug-likeness (QED) is 0.588. The van der Waals surface area contributed by atoms with E-state index in [0.717, 1.165) is 11.3 Å². The summed E-state index contributed by atoms with van der Waals surface area (Å²) >= 11 is 11.9. The number of furan rings is 1. The van der Waals surface area contributed by atoms with Crippen molar-refractivity contribution in [2.45, 2.75) is 0 Å². The molecule has 0 bridgehead atoms. The zero-order valence-corrected chi connectivity index (χ0v) is 11.9. The highest BCUT2D eigenvalue weighted by atomic mass is 35.5. The fraction of sp³-hybridized carbons (Fsp3) is 0. The molecule has 0 aliphatic heterocycles. The molecule has 3 aromatic rings. The molecule has 0 spiro atoms. The fourth-order valence-corrected chi connectivity index (χ4v) is 2.26. The lowest BCUT2D eigenvalue weighted by molar-refractivity contribution is 0.483. The third-order valence-corrected chi connectivity index (χ3v) is 3.31. The molecular weight excluding hydrogens is 295 g/mol. The summed E-state index contributed by atoms with van der Waals surface area (Å²) in [6, 6.07) is 16.5. The zero-order valence-electron chi connectivity index (χ0n) is 10.3. The van der Waals surface area contributed by atoms with Crippen molar-refractivity contribution in [3.63, 3.8) is 0 Å².